The summed E-state index contributed by atoms with van der Waals surface area (Å²) in [4.78, 5) is 21.7. The predicted octanol–water partition coefficient (Wildman–Crippen LogP) is 3.19. The molecule has 6 nitrogen and oxygen atoms in total. The zero-order valence-corrected chi connectivity index (χ0v) is 14.2. The van der Waals surface area contributed by atoms with Gasteiger partial charge in [0.25, 0.3) is 0 Å². The molecule has 0 spiro atoms. The first-order chi connectivity index (χ1) is 11.5. The Morgan fingerprint density at radius 2 is 2.04 bits per heavy atom. The van der Waals surface area contributed by atoms with E-state index in [9.17, 15) is 4.79 Å². The smallest absolute Gasteiger partial charge is 0.223 e. The molecule has 1 atom stereocenters. The second-order valence-corrected chi connectivity index (χ2v) is 5.62. The van der Waals surface area contributed by atoms with Crippen LogP contribution in [0.1, 0.15) is 36.3 Å². The minimum Gasteiger partial charge on any atom is -0.399 e. The monoisotopic (exact) mass is 325 g/mol. The number of rotatable bonds is 7. The van der Waals surface area contributed by atoms with Gasteiger partial charge in [0.05, 0.1) is 11.3 Å². The van der Waals surface area contributed by atoms with Crippen LogP contribution >= 0.6 is 0 Å². The number of carbonyl (C=O) groups excluding carboxylic acids is 1. The first kappa shape index (κ1) is 17.5. The summed E-state index contributed by atoms with van der Waals surface area (Å²) in [6, 6.07) is 7.80. The van der Waals surface area contributed by atoms with Gasteiger partial charge >= 0.3 is 0 Å². The molecule has 0 fully saturated rings. The van der Waals surface area contributed by atoms with Gasteiger partial charge in [0.1, 0.15) is 0 Å². The van der Waals surface area contributed by atoms with Crippen LogP contribution in [0.25, 0.3) is 6.08 Å². The van der Waals surface area contributed by atoms with Crippen LogP contribution in [0.2, 0.25) is 0 Å². The molecule has 3 N–H and O–H groups in total. The minimum atomic E-state index is 0.265. The number of nitrogens with zero attached hydrogens (tertiary/aromatic N) is 3. The molecule has 0 aliphatic heterocycles. The van der Waals surface area contributed by atoms with Gasteiger partial charge in [-0.05, 0) is 43.7 Å². The first-order valence-electron chi connectivity index (χ1n) is 7.88. The van der Waals surface area contributed by atoms with Gasteiger partial charge in [-0.25, -0.2) is 9.97 Å². The topological polar surface area (TPSA) is 84.1 Å². The Bertz CT molecular complexity index is 712. The summed E-state index contributed by atoms with van der Waals surface area (Å²) in [5.41, 5.74) is 8.43. The maximum Gasteiger partial charge on any atom is 0.223 e. The summed E-state index contributed by atoms with van der Waals surface area (Å²) in [6.07, 6.45) is 6.91. The zero-order chi connectivity index (χ0) is 17.5. The van der Waals surface area contributed by atoms with E-state index in [4.69, 9.17) is 5.73 Å². The van der Waals surface area contributed by atoms with E-state index < -0.39 is 0 Å². The second-order valence-electron chi connectivity index (χ2n) is 5.62. The number of nitrogens with one attached hydrogen (secondary N) is 1. The van der Waals surface area contributed by atoms with Gasteiger partial charge < -0.3 is 16.0 Å². The molecule has 0 bridgehead atoms. The maximum absolute atomic E-state index is 11.2. The fraction of sp³-hybridized carbons (Fsp3) is 0.278. The lowest BCUT2D eigenvalue weighted by Gasteiger charge is -2.15. The van der Waals surface area contributed by atoms with E-state index in [2.05, 4.69) is 29.1 Å². The van der Waals surface area contributed by atoms with Crippen LogP contribution < -0.4 is 16.0 Å². The number of carbonyl (C=O) groups is 1. The van der Waals surface area contributed by atoms with Gasteiger partial charge in [0.15, 0.2) is 6.29 Å². The van der Waals surface area contributed by atoms with Crippen LogP contribution in [0.5, 0.6) is 0 Å². The number of anilines is 3. The molecule has 6 heteroatoms. The maximum atomic E-state index is 11.2. The van der Waals surface area contributed by atoms with Gasteiger partial charge in [-0.1, -0.05) is 6.92 Å². The summed E-state index contributed by atoms with van der Waals surface area (Å²) in [7, 11) is 1.92. The average Bonchev–Trinajstić information content (AvgIpc) is 2.60. The molecule has 1 unspecified atom stereocenters. The third kappa shape index (κ3) is 4.55. The number of hydrogen-bond donors (Lipinski definition) is 2. The third-order valence-corrected chi connectivity index (χ3v) is 3.72. The molecule has 0 aliphatic carbocycles. The highest BCUT2D eigenvalue weighted by Crippen LogP contribution is 2.16. The van der Waals surface area contributed by atoms with Gasteiger partial charge in [0, 0.05) is 36.9 Å². The van der Waals surface area contributed by atoms with Crippen LogP contribution in [0.4, 0.5) is 17.3 Å². The normalized spacial score (nSPS) is 12.1. The molecule has 0 saturated heterocycles. The lowest BCUT2D eigenvalue weighted by Crippen LogP contribution is -2.16. The van der Waals surface area contributed by atoms with Crippen molar-refractivity contribution in [3.63, 3.8) is 0 Å². The van der Waals surface area contributed by atoms with Crippen molar-refractivity contribution >= 4 is 29.7 Å². The predicted molar refractivity (Wildman–Crippen MR) is 99.1 cm³/mol. The Morgan fingerprint density at radius 3 is 2.67 bits per heavy atom. The van der Waals surface area contributed by atoms with Crippen LogP contribution in [-0.4, -0.2) is 29.3 Å². The Hall–Kier alpha value is -2.89. The third-order valence-electron chi connectivity index (χ3n) is 3.72. The molecule has 126 valence electrons. The van der Waals surface area contributed by atoms with Crippen LogP contribution in [0.15, 0.2) is 36.7 Å². The minimum absolute atomic E-state index is 0.265. The molecule has 2 rings (SSSR count). The number of aldehydes is 1. The molecular weight excluding hydrogens is 302 g/mol. The van der Waals surface area contributed by atoms with Gasteiger partial charge in [-0.15, -0.1) is 0 Å². The first-order valence-corrected chi connectivity index (χ1v) is 7.88. The summed E-state index contributed by atoms with van der Waals surface area (Å²) < 4.78 is 0. The highest BCUT2D eigenvalue weighted by atomic mass is 16.1. The quantitative estimate of drug-likeness (QED) is 0.601. The molecule has 0 aliphatic rings. The van der Waals surface area contributed by atoms with Crippen molar-refractivity contribution in [1.29, 1.82) is 0 Å². The SMILES string of the molecule is CCC(C)Nc1ncc(C=O)c(/C=C\N(C)c2ccc(N)cc2)n1. The lowest BCUT2D eigenvalue weighted by atomic mass is 10.2. The fourth-order valence-electron chi connectivity index (χ4n) is 2.00. The van der Waals surface area contributed by atoms with Crippen molar-refractivity contribution < 1.29 is 4.79 Å². The molecular formula is C18H23N5O. The van der Waals surface area contributed by atoms with E-state index >= 15 is 0 Å². The van der Waals surface area contributed by atoms with Crippen LogP contribution in [-0.2, 0) is 0 Å². The largest absolute Gasteiger partial charge is 0.399 e. The van der Waals surface area contributed by atoms with E-state index in [0.29, 0.717) is 17.2 Å². The number of hydrogen-bond acceptors (Lipinski definition) is 6. The highest BCUT2D eigenvalue weighted by molar-refractivity contribution is 5.80. The standard InChI is InChI=1S/C18H23N5O/c1-4-13(2)21-18-20-11-14(12-24)17(22-18)9-10-23(3)16-7-5-15(19)6-8-16/h5-13H,4,19H2,1-3H3,(H,20,21,22)/b10-9-. The summed E-state index contributed by atoms with van der Waals surface area (Å²) in [5, 5.41) is 3.21. The lowest BCUT2D eigenvalue weighted by molar-refractivity contribution is 0.112. The van der Waals surface area contributed by atoms with Gasteiger partial charge in [0.2, 0.25) is 5.95 Å². The van der Waals surface area contributed by atoms with E-state index in [0.717, 1.165) is 24.1 Å². The van der Waals surface area contributed by atoms with Crippen molar-refractivity contribution in [2.45, 2.75) is 26.3 Å². The zero-order valence-electron chi connectivity index (χ0n) is 14.2. The Kier molecular flexibility index (Phi) is 5.89. The fourth-order valence-corrected chi connectivity index (χ4v) is 2.00. The molecule has 1 aromatic carbocycles. The Labute approximate surface area is 142 Å². The van der Waals surface area contributed by atoms with E-state index in [1.807, 2.05) is 42.4 Å². The number of nitrogen functional groups attached to an aromatic ring is 1. The van der Waals surface area contributed by atoms with Crippen molar-refractivity contribution in [3.8, 4) is 0 Å². The Morgan fingerprint density at radius 1 is 1.33 bits per heavy atom. The molecule has 2 aromatic rings. The van der Waals surface area contributed by atoms with E-state index in [1.165, 1.54) is 6.20 Å². The molecule has 1 heterocycles. The summed E-state index contributed by atoms with van der Waals surface area (Å²) in [5.74, 6) is 0.518. The highest BCUT2D eigenvalue weighted by Gasteiger charge is 2.07. The van der Waals surface area contributed by atoms with Crippen molar-refractivity contribution in [2.24, 2.45) is 0 Å². The van der Waals surface area contributed by atoms with Gasteiger partial charge in [-0.2, -0.15) is 0 Å². The molecule has 0 radical (unpaired) electrons. The second kappa shape index (κ2) is 8.10. The molecule has 0 amide bonds. The van der Waals surface area contributed by atoms with Crippen LogP contribution in [0.3, 0.4) is 0 Å². The molecule has 0 saturated carbocycles. The van der Waals surface area contributed by atoms with Crippen molar-refractivity contribution in [3.05, 3.63) is 47.9 Å². The van der Waals surface area contributed by atoms with Gasteiger partial charge in [-0.3, -0.25) is 4.79 Å². The van der Waals surface area contributed by atoms with Crippen molar-refractivity contribution in [2.75, 3.05) is 23.0 Å². The van der Waals surface area contributed by atoms with Crippen molar-refractivity contribution in [1.82, 2.24) is 9.97 Å². The van der Waals surface area contributed by atoms with E-state index in [1.54, 1.807) is 6.08 Å². The van der Waals surface area contributed by atoms with E-state index in [-0.39, 0.29) is 6.04 Å². The Balaban J connectivity index is 2.21. The number of aromatic nitrogens is 2. The average molecular weight is 325 g/mol. The number of nitrogens with two attached hydrogens (primary N) is 1. The number of benzene rings is 1. The molecule has 1 aromatic heterocycles. The summed E-state index contributed by atoms with van der Waals surface area (Å²) in [6.45, 7) is 4.14. The summed E-state index contributed by atoms with van der Waals surface area (Å²) >= 11 is 0. The molecule has 24 heavy (non-hydrogen) atoms. The van der Waals surface area contributed by atoms with Crippen LogP contribution in [0, 0.1) is 0 Å².